The second-order valence-corrected chi connectivity index (χ2v) is 2.60. The maximum absolute atomic E-state index is 12.1. The number of hydrogen-bond donors (Lipinski definition) is 1. The standard InChI is InChI=1S/C4H4ClF3O/c5-4(8)2(9)1-3(4,6)7/h2,9H,1H2. The Kier molecular flexibility index (Phi) is 1.23. The quantitative estimate of drug-likeness (QED) is 0.530. The van der Waals surface area contributed by atoms with Crippen molar-refractivity contribution in [1.29, 1.82) is 0 Å². The Balaban J connectivity index is 2.70. The predicted octanol–water partition coefficient (Wildman–Crippen LogP) is 1.29. The van der Waals surface area contributed by atoms with Crippen LogP contribution in [0.5, 0.6) is 0 Å². The highest BCUT2D eigenvalue weighted by Gasteiger charge is 2.69. The minimum Gasteiger partial charge on any atom is -0.388 e. The van der Waals surface area contributed by atoms with Gasteiger partial charge < -0.3 is 5.11 Å². The monoisotopic (exact) mass is 160 g/mol. The number of aliphatic hydroxyl groups is 1. The summed E-state index contributed by atoms with van der Waals surface area (Å²) in [5.74, 6) is -3.56. The van der Waals surface area contributed by atoms with Crippen LogP contribution < -0.4 is 0 Å². The number of halogens is 4. The molecule has 0 radical (unpaired) electrons. The molecule has 0 amide bonds. The van der Waals surface area contributed by atoms with Gasteiger partial charge in [-0.25, -0.2) is 13.2 Å². The minimum atomic E-state index is -3.56. The smallest absolute Gasteiger partial charge is 0.300 e. The lowest BCUT2D eigenvalue weighted by Gasteiger charge is -2.41. The highest BCUT2D eigenvalue weighted by molar-refractivity contribution is 6.24. The molecule has 0 aromatic carbocycles. The fourth-order valence-corrected chi connectivity index (χ4v) is 0.774. The Bertz CT molecular complexity index is 136. The third-order valence-electron chi connectivity index (χ3n) is 1.36. The molecule has 1 aliphatic carbocycles. The summed E-state index contributed by atoms with van der Waals surface area (Å²) in [4.78, 5) is 0. The molecule has 1 aliphatic rings. The van der Waals surface area contributed by atoms with Gasteiger partial charge in [0, 0.05) is 6.42 Å². The van der Waals surface area contributed by atoms with Gasteiger partial charge in [-0.15, -0.1) is 0 Å². The van der Waals surface area contributed by atoms with Crippen LogP contribution in [0.2, 0.25) is 0 Å². The molecule has 9 heavy (non-hydrogen) atoms. The summed E-state index contributed by atoms with van der Waals surface area (Å²) in [5.41, 5.74) is 0. The van der Waals surface area contributed by atoms with Crippen molar-refractivity contribution in [3.05, 3.63) is 0 Å². The summed E-state index contributed by atoms with van der Waals surface area (Å²) in [6, 6.07) is 0. The van der Waals surface area contributed by atoms with Crippen molar-refractivity contribution >= 4 is 11.6 Å². The van der Waals surface area contributed by atoms with Crippen LogP contribution in [0.1, 0.15) is 6.42 Å². The normalized spacial score (nSPS) is 48.3. The maximum Gasteiger partial charge on any atom is 0.300 e. The third kappa shape index (κ3) is 0.730. The SMILES string of the molecule is OC1CC(F)(F)C1(F)Cl. The average Bonchev–Trinajstić information content (AvgIpc) is 1.65. The van der Waals surface area contributed by atoms with E-state index in [0.717, 1.165) is 0 Å². The van der Waals surface area contributed by atoms with Crippen molar-refractivity contribution < 1.29 is 18.3 Å². The Morgan fingerprint density at radius 3 is 1.89 bits per heavy atom. The summed E-state index contributed by atoms with van der Waals surface area (Å²) in [6.45, 7) is 0. The highest BCUT2D eigenvalue weighted by Crippen LogP contribution is 2.52. The number of hydrogen-bond acceptors (Lipinski definition) is 1. The lowest BCUT2D eigenvalue weighted by atomic mass is 9.88. The Morgan fingerprint density at radius 2 is 1.89 bits per heavy atom. The molecule has 2 unspecified atom stereocenters. The Labute approximate surface area is 54.4 Å². The number of alkyl halides is 4. The molecule has 0 heterocycles. The third-order valence-corrected chi connectivity index (χ3v) is 1.88. The molecule has 54 valence electrons. The topological polar surface area (TPSA) is 20.2 Å². The van der Waals surface area contributed by atoms with E-state index in [1.807, 2.05) is 0 Å². The average molecular weight is 161 g/mol. The zero-order chi connectivity index (χ0) is 7.28. The molecular weight excluding hydrogens is 156 g/mol. The van der Waals surface area contributed by atoms with E-state index in [1.54, 1.807) is 0 Å². The van der Waals surface area contributed by atoms with Gasteiger partial charge in [-0.3, -0.25) is 0 Å². The molecule has 0 aromatic heterocycles. The van der Waals surface area contributed by atoms with Gasteiger partial charge in [-0.05, 0) is 0 Å². The molecule has 0 bridgehead atoms. The molecule has 0 spiro atoms. The van der Waals surface area contributed by atoms with Crippen LogP contribution >= 0.6 is 11.6 Å². The minimum absolute atomic E-state index is 0.882. The van der Waals surface area contributed by atoms with Gasteiger partial charge in [0.1, 0.15) is 6.10 Å². The van der Waals surface area contributed by atoms with Crippen LogP contribution in [0.25, 0.3) is 0 Å². The molecular formula is C4H4ClF3O. The predicted molar refractivity (Wildman–Crippen MR) is 25.3 cm³/mol. The molecule has 1 saturated carbocycles. The van der Waals surface area contributed by atoms with E-state index < -0.39 is 23.6 Å². The highest BCUT2D eigenvalue weighted by atomic mass is 35.5. The van der Waals surface area contributed by atoms with Crippen LogP contribution in [0.15, 0.2) is 0 Å². The van der Waals surface area contributed by atoms with Crippen molar-refractivity contribution in [2.24, 2.45) is 0 Å². The first-order valence-corrected chi connectivity index (χ1v) is 2.69. The Hall–Kier alpha value is 0.0400. The van der Waals surface area contributed by atoms with Crippen molar-refractivity contribution in [2.45, 2.75) is 23.6 Å². The van der Waals surface area contributed by atoms with Gasteiger partial charge >= 0.3 is 5.92 Å². The van der Waals surface area contributed by atoms with E-state index in [1.165, 1.54) is 0 Å². The second-order valence-electron chi connectivity index (χ2n) is 2.05. The van der Waals surface area contributed by atoms with E-state index in [4.69, 9.17) is 5.11 Å². The van der Waals surface area contributed by atoms with Gasteiger partial charge in [0.2, 0.25) is 0 Å². The van der Waals surface area contributed by atoms with Gasteiger partial charge in [-0.1, -0.05) is 11.6 Å². The Morgan fingerprint density at radius 1 is 1.44 bits per heavy atom. The van der Waals surface area contributed by atoms with Crippen molar-refractivity contribution in [1.82, 2.24) is 0 Å². The first-order chi connectivity index (χ1) is 3.88. The molecule has 1 rings (SSSR count). The van der Waals surface area contributed by atoms with Crippen molar-refractivity contribution in [3.63, 3.8) is 0 Å². The molecule has 5 heteroatoms. The van der Waals surface area contributed by atoms with Crippen LogP contribution in [-0.2, 0) is 0 Å². The van der Waals surface area contributed by atoms with E-state index in [0.29, 0.717) is 0 Å². The summed E-state index contributed by atoms with van der Waals surface area (Å²) >= 11 is 4.58. The van der Waals surface area contributed by atoms with Crippen molar-refractivity contribution in [3.8, 4) is 0 Å². The van der Waals surface area contributed by atoms with E-state index in [9.17, 15) is 13.2 Å². The van der Waals surface area contributed by atoms with Crippen LogP contribution in [0.4, 0.5) is 13.2 Å². The number of rotatable bonds is 0. The molecule has 0 aliphatic heterocycles. The largest absolute Gasteiger partial charge is 0.388 e. The van der Waals surface area contributed by atoms with Gasteiger partial charge in [0.25, 0.3) is 5.13 Å². The molecule has 1 fully saturated rings. The van der Waals surface area contributed by atoms with E-state index in [2.05, 4.69) is 11.6 Å². The van der Waals surface area contributed by atoms with E-state index in [-0.39, 0.29) is 0 Å². The zero-order valence-corrected chi connectivity index (χ0v) is 5.00. The molecule has 0 aromatic rings. The summed E-state index contributed by atoms with van der Waals surface area (Å²) in [5, 5.41) is 5.10. The zero-order valence-electron chi connectivity index (χ0n) is 4.24. The second kappa shape index (κ2) is 1.55. The van der Waals surface area contributed by atoms with Gasteiger partial charge in [0.15, 0.2) is 0 Å². The first kappa shape index (κ1) is 7.15. The molecule has 2 atom stereocenters. The molecule has 1 N–H and O–H groups in total. The van der Waals surface area contributed by atoms with Crippen LogP contribution in [0, 0.1) is 0 Å². The van der Waals surface area contributed by atoms with Crippen molar-refractivity contribution in [2.75, 3.05) is 0 Å². The summed E-state index contributed by atoms with van der Waals surface area (Å²) in [7, 11) is 0. The maximum atomic E-state index is 12.1. The summed E-state index contributed by atoms with van der Waals surface area (Å²) < 4.78 is 35.9. The fourth-order valence-electron chi connectivity index (χ4n) is 0.620. The lowest BCUT2D eigenvalue weighted by Crippen LogP contribution is -2.61. The summed E-state index contributed by atoms with van der Waals surface area (Å²) in [6.07, 6.45) is -2.61. The number of aliphatic hydroxyl groups excluding tert-OH is 1. The first-order valence-electron chi connectivity index (χ1n) is 2.31. The molecule has 1 nitrogen and oxygen atoms in total. The molecule has 0 saturated heterocycles. The lowest BCUT2D eigenvalue weighted by molar-refractivity contribution is -0.232. The van der Waals surface area contributed by atoms with E-state index >= 15 is 0 Å². The van der Waals surface area contributed by atoms with Gasteiger partial charge in [0.05, 0.1) is 0 Å². The fraction of sp³-hybridized carbons (Fsp3) is 1.00. The van der Waals surface area contributed by atoms with Crippen LogP contribution in [0.3, 0.4) is 0 Å². The van der Waals surface area contributed by atoms with Crippen LogP contribution in [-0.4, -0.2) is 22.3 Å². The van der Waals surface area contributed by atoms with Gasteiger partial charge in [-0.2, -0.15) is 0 Å².